The highest BCUT2D eigenvalue weighted by atomic mass is 127. The molecule has 0 aromatic heterocycles. The molecule has 2 saturated carbocycles. The molecule has 184 valence electrons. The van der Waals surface area contributed by atoms with Crippen LogP contribution >= 0.6 is 45.2 Å². The first-order valence-electron chi connectivity index (χ1n) is 10.4. The Morgan fingerprint density at radius 2 is 1.32 bits per heavy atom. The van der Waals surface area contributed by atoms with Crippen LogP contribution in [0.3, 0.4) is 0 Å². The molecule has 0 amide bonds. The maximum Gasteiger partial charge on any atom is 0.431 e. The van der Waals surface area contributed by atoms with E-state index in [0.29, 0.717) is 11.1 Å². The van der Waals surface area contributed by atoms with Crippen molar-refractivity contribution < 1.29 is 40.0 Å². The number of halogens is 6. The maximum absolute atomic E-state index is 14.9. The van der Waals surface area contributed by atoms with Gasteiger partial charge < -0.3 is 9.47 Å². The third kappa shape index (κ3) is 3.64. The van der Waals surface area contributed by atoms with Crippen molar-refractivity contribution in [2.45, 2.75) is 42.0 Å². The Hall–Kier alpha value is -0.550. The normalized spacial score (nSPS) is 30.5. The fourth-order valence-corrected chi connectivity index (χ4v) is 6.78. The van der Waals surface area contributed by atoms with Crippen molar-refractivity contribution in [2.75, 3.05) is 0 Å². The zero-order valence-corrected chi connectivity index (χ0v) is 22.3. The fraction of sp³-hybridized carbons (Fsp3) is 0.455. The lowest BCUT2D eigenvalue weighted by atomic mass is 9.81. The van der Waals surface area contributed by atoms with E-state index in [-0.39, 0.29) is 12.8 Å². The Labute approximate surface area is 220 Å². The standard InChI is InChI=1S/C22H18F4I2O5S/c23-21(24,22(25,26)34(29,30)31)17-10-11-9-16(17)19-18(11)32-20(33-19,12-1-5-14(27)6-2-12)13-3-7-15(28)8-4-13/h1-8,11,16-19H,9-10H2,(H,29,30,31). The van der Waals surface area contributed by atoms with Gasteiger partial charge in [0.15, 0.2) is 0 Å². The highest BCUT2D eigenvalue weighted by Gasteiger charge is 2.75. The summed E-state index contributed by atoms with van der Waals surface area (Å²) < 4.78 is 104. The zero-order valence-electron chi connectivity index (χ0n) is 17.2. The lowest BCUT2D eigenvalue weighted by molar-refractivity contribution is -0.212. The van der Waals surface area contributed by atoms with Crippen LogP contribution in [-0.2, 0) is 25.4 Å². The van der Waals surface area contributed by atoms with E-state index >= 15 is 0 Å². The highest BCUT2D eigenvalue weighted by Crippen LogP contribution is 2.63. The molecule has 0 spiro atoms. The third-order valence-corrected chi connectivity index (χ3v) is 9.45. The minimum absolute atomic E-state index is 0.145. The predicted octanol–water partition coefficient (Wildman–Crippen LogP) is 5.65. The van der Waals surface area contributed by atoms with Gasteiger partial charge in [0.05, 0.1) is 12.2 Å². The van der Waals surface area contributed by atoms with Crippen LogP contribution in [0.2, 0.25) is 0 Å². The molecule has 5 nitrogen and oxygen atoms in total. The van der Waals surface area contributed by atoms with Gasteiger partial charge in [0.1, 0.15) is 0 Å². The molecule has 34 heavy (non-hydrogen) atoms. The molecule has 2 bridgehead atoms. The average molecular weight is 724 g/mol. The van der Waals surface area contributed by atoms with Crippen LogP contribution in [0.25, 0.3) is 0 Å². The van der Waals surface area contributed by atoms with Crippen LogP contribution in [0.15, 0.2) is 48.5 Å². The SMILES string of the molecule is O=S(=O)(O)C(F)(F)C(F)(F)C1CC2CC1C1OC(c3ccc(I)cc3)(c3ccc(I)cc3)OC21. The minimum Gasteiger partial charge on any atom is -0.336 e. The van der Waals surface area contributed by atoms with E-state index in [1.54, 1.807) is 24.3 Å². The Bertz CT molecular complexity index is 1160. The van der Waals surface area contributed by atoms with Crippen molar-refractivity contribution in [3.8, 4) is 0 Å². The van der Waals surface area contributed by atoms with Crippen LogP contribution < -0.4 is 0 Å². The molecule has 5 rings (SSSR count). The van der Waals surface area contributed by atoms with E-state index in [1.165, 1.54) is 0 Å². The topological polar surface area (TPSA) is 72.8 Å². The Morgan fingerprint density at radius 1 is 0.853 bits per heavy atom. The van der Waals surface area contributed by atoms with Crippen LogP contribution in [0, 0.1) is 24.9 Å². The van der Waals surface area contributed by atoms with E-state index in [2.05, 4.69) is 45.2 Å². The van der Waals surface area contributed by atoms with Gasteiger partial charge in [-0.3, -0.25) is 4.55 Å². The molecular weight excluding hydrogens is 706 g/mol. The van der Waals surface area contributed by atoms with E-state index in [0.717, 1.165) is 7.14 Å². The Balaban J connectivity index is 1.53. The van der Waals surface area contributed by atoms with Crippen LogP contribution in [0.1, 0.15) is 24.0 Å². The number of ether oxygens (including phenoxy) is 2. The molecule has 5 atom stereocenters. The summed E-state index contributed by atoms with van der Waals surface area (Å²) in [7, 11) is -6.31. The van der Waals surface area contributed by atoms with Gasteiger partial charge in [-0.2, -0.15) is 26.0 Å². The van der Waals surface area contributed by atoms with Crippen molar-refractivity contribution in [3.05, 3.63) is 66.8 Å². The molecular formula is C22H18F4I2O5S. The number of alkyl halides is 4. The first-order chi connectivity index (χ1) is 15.8. The van der Waals surface area contributed by atoms with Crippen molar-refractivity contribution in [1.29, 1.82) is 0 Å². The van der Waals surface area contributed by atoms with Crippen LogP contribution in [0.4, 0.5) is 17.6 Å². The number of fused-ring (bicyclic) bond motifs is 5. The van der Waals surface area contributed by atoms with Gasteiger partial charge in [-0.15, -0.1) is 0 Å². The summed E-state index contributed by atoms with van der Waals surface area (Å²) in [4.78, 5) is 0. The smallest absolute Gasteiger partial charge is 0.336 e. The average Bonchev–Trinajstić information content (AvgIpc) is 3.45. The Morgan fingerprint density at radius 3 is 1.79 bits per heavy atom. The van der Waals surface area contributed by atoms with Crippen molar-refractivity contribution in [2.24, 2.45) is 17.8 Å². The minimum atomic E-state index is -6.31. The van der Waals surface area contributed by atoms with E-state index in [4.69, 9.17) is 14.0 Å². The van der Waals surface area contributed by atoms with E-state index < -0.39 is 57.0 Å². The predicted molar refractivity (Wildman–Crippen MR) is 130 cm³/mol. The molecule has 12 heteroatoms. The summed E-state index contributed by atoms with van der Waals surface area (Å²) in [5, 5.41) is -5.60. The highest BCUT2D eigenvalue weighted by molar-refractivity contribution is 14.1. The van der Waals surface area contributed by atoms with E-state index in [1.807, 2.05) is 24.3 Å². The van der Waals surface area contributed by atoms with Crippen LogP contribution in [-0.4, -0.2) is 36.4 Å². The number of hydrogen-bond acceptors (Lipinski definition) is 4. The van der Waals surface area contributed by atoms with Gasteiger partial charge in [0, 0.05) is 24.2 Å². The third-order valence-electron chi connectivity index (χ3n) is 7.09. The molecule has 1 N–H and O–H groups in total. The summed E-state index contributed by atoms with van der Waals surface area (Å²) in [6, 6.07) is 14.6. The summed E-state index contributed by atoms with van der Waals surface area (Å²) >= 11 is 4.29. The molecule has 3 fully saturated rings. The molecule has 3 aliphatic rings. The van der Waals surface area contributed by atoms with Gasteiger partial charge in [0.25, 0.3) is 0 Å². The van der Waals surface area contributed by atoms with Crippen molar-refractivity contribution in [3.63, 3.8) is 0 Å². The second kappa shape index (κ2) is 8.23. The molecule has 0 radical (unpaired) electrons. The van der Waals surface area contributed by atoms with Crippen molar-refractivity contribution in [1.82, 2.24) is 0 Å². The zero-order chi connectivity index (χ0) is 24.7. The van der Waals surface area contributed by atoms with Crippen molar-refractivity contribution >= 4 is 55.3 Å². The Kier molecular flexibility index (Phi) is 6.08. The van der Waals surface area contributed by atoms with Gasteiger partial charge >= 0.3 is 21.3 Å². The molecule has 2 aromatic rings. The second-order valence-corrected chi connectivity index (χ2v) is 12.9. The van der Waals surface area contributed by atoms with Crippen LogP contribution in [0.5, 0.6) is 0 Å². The van der Waals surface area contributed by atoms with Gasteiger partial charge in [-0.1, -0.05) is 24.3 Å². The molecule has 2 aliphatic carbocycles. The molecule has 2 aromatic carbocycles. The summed E-state index contributed by atoms with van der Waals surface area (Å²) in [6.07, 6.45) is -1.77. The quantitative estimate of drug-likeness (QED) is 0.245. The second-order valence-electron chi connectivity index (χ2n) is 8.91. The largest absolute Gasteiger partial charge is 0.431 e. The summed E-state index contributed by atoms with van der Waals surface area (Å²) in [6.45, 7) is 0. The molecule has 1 aliphatic heterocycles. The number of hydrogen-bond donors (Lipinski definition) is 1. The molecule has 1 saturated heterocycles. The first kappa shape index (κ1) is 25.1. The lowest BCUT2D eigenvalue weighted by Gasteiger charge is -2.36. The molecule has 1 heterocycles. The first-order valence-corrected chi connectivity index (χ1v) is 14.0. The molecule has 5 unspecified atom stereocenters. The summed E-state index contributed by atoms with van der Waals surface area (Å²) in [5.74, 6) is -9.95. The number of rotatable bonds is 5. The maximum atomic E-state index is 14.9. The van der Waals surface area contributed by atoms with E-state index in [9.17, 15) is 26.0 Å². The summed E-state index contributed by atoms with van der Waals surface area (Å²) in [5.41, 5.74) is 1.27. The lowest BCUT2D eigenvalue weighted by Crippen LogP contribution is -2.55. The van der Waals surface area contributed by atoms with Gasteiger partial charge in [-0.05, 0) is 94.1 Å². The number of benzene rings is 2. The van der Waals surface area contributed by atoms with Gasteiger partial charge in [-0.25, -0.2) is 0 Å². The fourth-order valence-electron chi connectivity index (χ4n) is 5.57. The van der Waals surface area contributed by atoms with Gasteiger partial charge in [0.2, 0.25) is 5.79 Å². The monoisotopic (exact) mass is 724 g/mol.